The molecule has 1 aromatic heterocycles. The lowest BCUT2D eigenvalue weighted by molar-refractivity contribution is -0.133. The third-order valence-electron chi connectivity index (χ3n) is 9.52. The number of fused-ring (bicyclic) bond motifs is 1. The van der Waals surface area contributed by atoms with E-state index in [1.807, 2.05) is 13.8 Å². The molecule has 3 aliphatic heterocycles. The number of methoxy groups -OCH3 is 1. The highest BCUT2D eigenvalue weighted by atomic mass is 19.1. The summed E-state index contributed by atoms with van der Waals surface area (Å²) in [6.45, 7) is 16.1. The minimum absolute atomic E-state index is 0.0629. The zero-order valence-corrected chi connectivity index (χ0v) is 29.7. The van der Waals surface area contributed by atoms with Crippen molar-refractivity contribution in [2.45, 2.75) is 66.0 Å². The van der Waals surface area contributed by atoms with Crippen LogP contribution in [-0.4, -0.2) is 114 Å². The Balaban J connectivity index is 1.39. The van der Waals surface area contributed by atoms with E-state index in [4.69, 9.17) is 18.9 Å². The van der Waals surface area contributed by atoms with Gasteiger partial charge in [-0.1, -0.05) is 13.8 Å². The molecule has 50 heavy (non-hydrogen) atoms. The van der Waals surface area contributed by atoms with Crippen molar-refractivity contribution in [3.63, 3.8) is 0 Å². The lowest BCUT2D eigenvalue weighted by atomic mass is 9.76. The predicted octanol–water partition coefficient (Wildman–Crippen LogP) is 3.61. The Morgan fingerprint density at radius 3 is 2.48 bits per heavy atom. The van der Waals surface area contributed by atoms with Crippen LogP contribution in [0.4, 0.5) is 10.2 Å². The van der Waals surface area contributed by atoms with Crippen LogP contribution in [0.5, 0.6) is 23.1 Å². The van der Waals surface area contributed by atoms with Crippen molar-refractivity contribution in [3.05, 3.63) is 35.9 Å². The van der Waals surface area contributed by atoms with Crippen molar-refractivity contribution in [1.29, 1.82) is 0 Å². The van der Waals surface area contributed by atoms with Crippen molar-refractivity contribution < 1.29 is 37.7 Å². The molecule has 1 N–H and O–H groups in total. The second kappa shape index (κ2) is 16.2. The molecule has 14 nitrogen and oxygen atoms in total. The molecule has 1 unspecified atom stereocenters. The largest absolute Gasteiger partial charge is 0.430 e. The van der Waals surface area contributed by atoms with Crippen LogP contribution in [0.15, 0.2) is 24.5 Å². The van der Waals surface area contributed by atoms with E-state index < -0.39 is 35.2 Å². The summed E-state index contributed by atoms with van der Waals surface area (Å²) in [5, 5.41) is 11.6. The summed E-state index contributed by atoms with van der Waals surface area (Å²) in [6.07, 6.45) is 6.11. The minimum atomic E-state index is -1.08. The summed E-state index contributed by atoms with van der Waals surface area (Å²) in [7, 11) is 1.71. The average Bonchev–Trinajstić information content (AvgIpc) is 3.51. The first-order chi connectivity index (χ1) is 24.0. The van der Waals surface area contributed by atoms with Crippen molar-refractivity contribution >= 4 is 23.7 Å². The van der Waals surface area contributed by atoms with Gasteiger partial charge in [0.15, 0.2) is 17.4 Å². The van der Waals surface area contributed by atoms with Gasteiger partial charge in [0.25, 0.3) is 11.8 Å². The molecule has 0 radical (unpaired) electrons. The lowest BCUT2D eigenvalue weighted by Gasteiger charge is -2.53. The van der Waals surface area contributed by atoms with Crippen molar-refractivity contribution in [1.82, 2.24) is 30.3 Å². The number of likely N-dealkylation sites (tertiary alicyclic amines) is 1. The molecule has 1 aromatic carbocycles. The smallest absolute Gasteiger partial charge is 0.336 e. The van der Waals surface area contributed by atoms with Gasteiger partial charge in [0.05, 0.1) is 12.2 Å². The topological polar surface area (TPSA) is 149 Å². The van der Waals surface area contributed by atoms with Gasteiger partial charge in [-0.05, 0) is 58.6 Å². The highest BCUT2D eigenvalue weighted by molar-refractivity contribution is 6.01. The Morgan fingerprint density at radius 2 is 1.82 bits per heavy atom. The Hall–Kier alpha value is -4.21. The van der Waals surface area contributed by atoms with Gasteiger partial charge in [-0.3, -0.25) is 9.69 Å². The van der Waals surface area contributed by atoms with Gasteiger partial charge in [0.2, 0.25) is 11.5 Å². The van der Waals surface area contributed by atoms with E-state index in [1.165, 1.54) is 11.2 Å². The number of carbonyl (C=O) groups is 3. The van der Waals surface area contributed by atoms with E-state index in [2.05, 4.69) is 44.1 Å². The number of esters is 2. The molecule has 1 atom stereocenters. The number of hydrogen-bond donors (Lipinski definition) is 1. The fourth-order valence-electron chi connectivity index (χ4n) is 7.08. The number of rotatable bonds is 15. The molecule has 2 saturated heterocycles. The summed E-state index contributed by atoms with van der Waals surface area (Å²) in [6, 6.07) is 1.14. The van der Waals surface area contributed by atoms with Crippen LogP contribution in [0.2, 0.25) is 0 Å². The van der Waals surface area contributed by atoms with Crippen LogP contribution >= 0.6 is 0 Å². The Bertz CT molecular complexity index is 1580. The van der Waals surface area contributed by atoms with Crippen molar-refractivity contribution in [2.24, 2.45) is 11.3 Å². The third kappa shape index (κ3) is 8.22. The fraction of sp³-hybridized carbons (Fsp3) is 0.600. The number of anilines is 1. The second-order valence-corrected chi connectivity index (χ2v) is 13.7. The molecule has 0 bridgehead atoms. The average molecular weight is 698 g/mol. The zero-order valence-electron chi connectivity index (χ0n) is 29.7. The number of amides is 1. The second-order valence-electron chi connectivity index (χ2n) is 13.7. The van der Waals surface area contributed by atoms with Crippen molar-refractivity contribution in [3.8, 4) is 23.1 Å². The SMILES string of the molecule is CCN(C(=O)c1cc(F)c2c(c1Oc1nncnc1N1CCC3(C1)CN(C(CCCNCCOC)C(C)C)C3)OC(=O)/C=C/C(=O)O2)C(C)C. The van der Waals surface area contributed by atoms with Gasteiger partial charge >= 0.3 is 11.9 Å². The van der Waals surface area contributed by atoms with Crippen molar-refractivity contribution in [2.75, 3.05) is 64.4 Å². The van der Waals surface area contributed by atoms with Gasteiger partial charge in [-0.25, -0.2) is 19.0 Å². The standard InChI is InChI=1S/C35H48FN7O7/c1-7-43(23(4)5)34(46)24-17-25(36)30-31(49-28(45)11-10-27(44)48-30)29(24)50-33-32(38-21-39-40-33)41-15-12-35(18-41)19-42(20-35)26(22(2)3)9-8-13-37-14-16-47-6/h10-11,17,21-23,26,37H,7-9,12-16,18-20H2,1-6H3/b11-10+. The predicted molar refractivity (Wildman–Crippen MR) is 182 cm³/mol. The molecule has 1 amide bonds. The van der Waals surface area contributed by atoms with E-state index in [-0.39, 0.29) is 28.6 Å². The Morgan fingerprint density at radius 1 is 1.10 bits per heavy atom. The van der Waals surface area contributed by atoms with Gasteiger partial charge in [-0.15, -0.1) is 10.2 Å². The first-order valence-electron chi connectivity index (χ1n) is 17.3. The quantitative estimate of drug-likeness (QED) is 0.164. The summed E-state index contributed by atoms with van der Waals surface area (Å²) in [4.78, 5) is 49.4. The summed E-state index contributed by atoms with van der Waals surface area (Å²) < 4.78 is 37.5. The van der Waals surface area contributed by atoms with E-state index in [0.717, 1.165) is 63.7 Å². The number of nitrogens with one attached hydrogen (secondary N) is 1. The first-order valence-corrected chi connectivity index (χ1v) is 17.3. The molecule has 1 spiro atoms. The molecule has 0 saturated carbocycles. The van der Waals surface area contributed by atoms with Gasteiger partial charge in [-0.2, -0.15) is 0 Å². The number of hydrogen-bond acceptors (Lipinski definition) is 13. The van der Waals surface area contributed by atoms with Gasteiger partial charge in [0.1, 0.15) is 6.33 Å². The molecule has 3 aliphatic rings. The van der Waals surface area contributed by atoms with Crippen LogP contribution in [0.1, 0.15) is 64.2 Å². The summed E-state index contributed by atoms with van der Waals surface area (Å²) in [5.74, 6) is -4.42. The maximum Gasteiger partial charge on any atom is 0.336 e. The molecule has 5 rings (SSSR count). The molecule has 0 aliphatic carbocycles. The third-order valence-corrected chi connectivity index (χ3v) is 9.52. The van der Waals surface area contributed by atoms with Crippen LogP contribution in [-0.2, 0) is 14.3 Å². The summed E-state index contributed by atoms with van der Waals surface area (Å²) >= 11 is 0. The lowest BCUT2D eigenvalue weighted by Crippen LogP contribution is -2.62. The zero-order chi connectivity index (χ0) is 36.0. The Labute approximate surface area is 292 Å². The van der Waals surface area contributed by atoms with Crippen LogP contribution in [0.25, 0.3) is 0 Å². The van der Waals surface area contributed by atoms with E-state index in [0.29, 0.717) is 44.0 Å². The molecule has 2 aromatic rings. The molecular weight excluding hydrogens is 649 g/mol. The number of carbonyl (C=O) groups excluding carboxylic acids is 3. The highest BCUT2D eigenvalue weighted by Crippen LogP contribution is 2.48. The molecule has 15 heteroatoms. The van der Waals surface area contributed by atoms with Crippen LogP contribution in [0, 0.1) is 17.2 Å². The highest BCUT2D eigenvalue weighted by Gasteiger charge is 2.50. The number of nitrogens with zero attached hydrogens (tertiary/aromatic N) is 6. The van der Waals surface area contributed by atoms with Crippen LogP contribution in [0.3, 0.4) is 0 Å². The summed E-state index contributed by atoms with van der Waals surface area (Å²) in [5.41, 5.74) is -0.184. The van der Waals surface area contributed by atoms with Gasteiger partial charge in [0, 0.05) is 76.0 Å². The maximum atomic E-state index is 15.5. The number of benzene rings is 1. The van der Waals surface area contributed by atoms with Crippen LogP contribution < -0.4 is 24.4 Å². The number of ether oxygens (including phenoxy) is 4. The first kappa shape index (κ1) is 37.1. The van der Waals surface area contributed by atoms with E-state index in [1.54, 1.807) is 14.0 Å². The normalized spacial score (nSPS) is 18.3. The fourth-order valence-corrected chi connectivity index (χ4v) is 7.08. The number of halogens is 1. The van der Waals surface area contributed by atoms with Gasteiger partial charge < -0.3 is 34.1 Å². The molecular formula is C35H48FN7O7. The molecule has 4 heterocycles. The van der Waals surface area contributed by atoms with E-state index in [9.17, 15) is 14.4 Å². The minimum Gasteiger partial charge on any atom is -0.430 e. The molecule has 272 valence electrons. The number of aromatic nitrogens is 3. The maximum absolute atomic E-state index is 15.5. The monoisotopic (exact) mass is 697 g/mol. The Kier molecular flexibility index (Phi) is 12.0. The molecule has 2 fully saturated rings. The van der Waals surface area contributed by atoms with E-state index >= 15 is 4.39 Å².